The second-order valence-corrected chi connectivity index (χ2v) is 6.01. The maximum Gasteiger partial charge on any atom is 0.0786 e. The molecule has 0 rings (SSSR count). The second-order valence-electron chi connectivity index (χ2n) is 6.01. The Bertz CT molecular complexity index is 252. The molecule has 0 aliphatic rings. The number of hydrogen-bond donors (Lipinski definition) is 0. The fraction of sp³-hybridized carbons (Fsp3) is 0.842. The number of rotatable bonds is 13. The van der Waals surface area contributed by atoms with Crippen LogP contribution >= 0.6 is 0 Å². The van der Waals surface area contributed by atoms with Crippen LogP contribution in [0.2, 0.25) is 0 Å². The molecule has 0 spiro atoms. The lowest BCUT2D eigenvalue weighted by Crippen LogP contribution is -2.48. The van der Waals surface area contributed by atoms with Crippen molar-refractivity contribution in [3.05, 3.63) is 12.7 Å². The summed E-state index contributed by atoms with van der Waals surface area (Å²) in [5.74, 6) is -1.23. The van der Waals surface area contributed by atoms with Gasteiger partial charge in [0.1, 0.15) is 0 Å². The van der Waals surface area contributed by atoms with Crippen LogP contribution in [0.15, 0.2) is 12.7 Å². The summed E-state index contributed by atoms with van der Waals surface area (Å²) in [6.45, 7) is 17.6. The number of quaternary nitrogens is 1. The SMILES string of the molecule is C=CC(=O)[O-].CCCCCCCCCC[N+](CC)(CC)CC. The highest BCUT2D eigenvalue weighted by Crippen LogP contribution is 2.12. The van der Waals surface area contributed by atoms with E-state index in [1.165, 1.54) is 82.0 Å². The van der Waals surface area contributed by atoms with E-state index in [0.717, 1.165) is 6.08 Å². The maximum atomic E-state index is 9.14. The number of carbonyl (C=O) groups is 1. The number of carbonyl (C=O) groups excluding carboxylic acids is 1. The Morgan fingerprint density at radius 1 is 0.864 bits per heavy atom. The molecule has 0 fully saturated rings. The van der Waals surface area contributed by atoms with Crippen LogP contribution in [0.4, 0.5) is 0 Å². The second kappa shape index (κ2) is 16.5. The lowest BCUT2D eigenvalue weighted by Gasteiger charge is -2.35. The first-order chi connectivity index (χ1) is 10.5. The molecule has 0 aromatic heterocycles. The molecule has 3 nitrogen and oxygen atoms in total. The summed E-state index contributed by atoms with van der Waals surface area (Å²) in [4.78, 5) is 9.14. The topological polar surface area (TPSA) is 40.1 Å². The van der Waals surface area contributed by atoms with E-state index in [1.807, 2.05) is 0 Å². The molecule has 0 heterocycles. The van der Waals surface area contributed by atoms with Crippen LogP contribution in [0, 0.1) is 0 Å². The number of hydrogen-bond acceptors (Lipinski definition) is 2. The highest BCUT2D eigenvalue weighted by Gasteiger charge is 2.19. The van der Waals surface area contributed by atoms with Crippen LogP contribution < -0.4 is 5.11 Å². The minimum Gasteiger partial charge on any atom is -0.545 e. The van der Waals surface area contributed by atoms with Crippen LogP contribution in [-0.4, -0.2) is 36.6 Å². The highest BCUT2D eigenvalue weighted by atomic mass is 16.4. The van der Waals surface area contributed by atoms with E-state index in [0.29, 0.717) is 0 Å². The molecule has 132 valence electrons. The predicted molar refractivity (Wildman–Crippen MR) is 94.6 cm³/mol. The van der Waals surface area contributed by atoms with Gasteiger partial charge in [-0.25, -0.2) is 0 Å². The largest absolute Gasteiger partial charge is 0.545 e. The normalized spacial score (nSPS) is 10.7. The van der Waals surface area contributed by atoms with Crippen LogP contribution in [0.5, 0.6) is 0 Å². The fourth-order valence-electron chi connectivity index (χ4n) is 2.73. The lowest BCUT2D eigenvalue weighted by molar-refractivity contribution is -0.923. The lowest BCUT2D eigenvalue weighted by atomic mass is 10.1. The summed E-state index contributed by atoms with van der Waals surface area (Å²) in [6, 6.07) is 0. The first-order valence-corrected chi connectivity index (χ1v) is 9.20. The molecule has 0 radical (unpaired) electrons. The molecule has 0 amide bonds. The zero-order chi connectivity index (χ0) is 17.3. The average Bonchev–Trinajstić information content (AvgIpc) is 2.55. The number of carboxylic acids is 1. The minimum absolute atomic E-state index is 0.722. The van der Waals surface area contributed by atoms with Gasteiger partial charge < -0.3 is 14.4 Å². The Balaban J connectivity index is 0. The van der Waals surface area contributed by atoms with Crippen molar-refractivity contribution < 1.29 is 14.4 Å². The van der Waals surface area contributed by atoms with Crippen molar-refractivity contribution in [2.24, 2.45) is 0 Å². The summed E-state index contributed by atoms with van der Waals surface area (Å²) < 4.78 is 1.33. The highest BCUT2D eigenvalue weighted by molar-refractivity contribution is 5.76. The third-order valence-corrected chi connectivity index (χ3v) is 4.67. The van der Waals surface area contributed by atoms with Crippen molar-refractivity contribution in [2.75, 3.05) is 26.2 Å². The molecule has 0 atom stereocenters. The van der Waals surface area contributed by atoms with Crippen molar-refractivity contribution in [1.29, 1.82) is 0 Å². The van der Waals surface area contributed by atoms with Crippen molar-refractivity contribution in [3.8, 4) is 0 Å². The summed E-state index contributed by atoms with van der Waals surface area (Å²) >= 11 is 0. The third kappa shape index (κ3) is 14.1. The van der Waals surface area contributed by atoms with Gasteiger partial charge in [0.15, 0.2) is 0 Å². The van der Waals surface area contributed by atoms with Crippen LogP contribution in [0.1, 0.15) is 79.1 Å². The number of nitrogens with zero attached hydrogens (tertiary/aromatic N) is 1. The Kier molecular flexibility index (Phi) is 17.6. The molecule has 0 saturated carbocycles. The van der Waals surface area contributed by atoms with Crippen molar-refractivity contribution in [1.82, 2.24) is 0 Å². The monoisotopic (exact) mass is 313 g/mol. The molecular weight excluding hydrogens is 274 g/mol. The molecule has 0 aliphatic heterocycles. The summed E-state index contributed by atoms with van der Waals surface area (Å²) in [7, 11) is 0. The van der Waals surface area contributed by atoms with E-state index in [4.69, 9.17) is 9.90 Å². The van der Waals surface area contributed by atoms with E-state index >= 15 is 0 Å². The number of aliphatic carboxylic acids is 1. The van der Waals surface area contributed by atoms with Gasteiger partial charge >= 0.3 is 0 Å². The van der Waals surface area contributed by atoms with Gasteiger partial charge in [-0.2, -0.15) is 0 Å². The number of carboxylic acid groups (broad SMARTS) is 1. The van der Waals surface area contributed by atoms with E-state index in [-0.39, 0.29) is 0 Å². The molecule has 0 unspecified atom stereocenters. The molecular formula is C19H39NO2. The Labute approximate surface area is 139 Å². The Hall–Kier alpha value is -0.830. The van der Waals surface area contributed by atoms with Gasteiger partial charge in [0.05, 0.1) is 32.1 Å². The average molecular weight is 314 g/mol. The van der Waals surface area contributed by atoms with E-state index < -0.39 is 5.97 Å². The van der Waals surface area contributed by atoms with Gasteiger partial charge in [0.25, 0.3) is 0 Å². The first-order valence-electron chi connectivity index (χ1n) is 9.20. The van der Waals surface area contributed by atoms with Crippen molar-refractivity contribution in [3.63, 3.8) is 0 Å². The van der Waals surface area contributed by atoms with Crippen LogP contribution in [-0.2, 0) is 4.79 Å². The maximum absolute atomic E-state index is 9.14. The summed E-state index contributed by atoms with van der Waals surface area (Å²) in [5.41, 5.74) is 0. The Morgan fingerprint density at radius 2 is 1.23 bits per heavy atom. The van der Waals surface area contributed by atoms with E-state index in [9.17, 15) is 0 Å². The third-order valence-electron chi connectivity index (χ3n) is 4.67. The molecule has 0 N–H and O–H groups in total. The fourth-order valence-corrected chi connectivity index (χ4v) is 2.73. The van der Waals surface area contributed by atoms with Gasteiger partial charge in [-0.15, -0.1) is 0 Å². The van der Waals surface area contributed by atoms with Crippen molar-refractivity contribution >= 4 is 5.97 Å². The van der Waals surface area contributed by atoms with Gasteiger partial charge in [0, 0.05) is 0 Å². The standard InChI is InChI=1S/C16H36N.C3H4O2/c1-5-9-10-11-12-13-14-15-16-17(6-2,7-3)8-4;1-2-3(4)5/h5-16H2,1-4H3;2H,1H2,(H,4,5)/q+1;/p-1. The quantitative estimate of drug-likeness (QED) is 0.294. The Morgan fingerprint density at radius 3 is 1.55 bits per heavy atom. The number of unbranched alkanes of at least 4 members (excludes halogenated alkanes) is 7. The minimum atomic E-state index is -1.23. The van der Waals surface area contributed by atoms with E-state index in [1.54, 1.807) is 0 Å². The molecule has 0 aromatic rings. The zero-order valence-corrected chi connectivity index (χ0v) is 15.5. The predicted octanol–water partition coefficient (Wildman–Crippen LogP) is 3.93. The van der Waals surface area contributed by atoms with Gasteiger partial charge in [0.2, 0.25) is 0 Å². The summed E-state index contributed by atoms with van der Waals surface area (Å²) in [5, 5.41) is 9.14. The smallest absolute Gasteiger partial charge is 0.0786 e. The molecule has 0 aromatic carbocycles. The van der Waals surface area contributed by atoms with E-state index in [2.05, 4.69) is 34.3 Å². The first kappa shape index (κ1) is 23.4. The van der Waals surface area contributed by atoms with Gasteiger partial charge in [-0.3, -0.25) is 0 Å². The summed E-state index contributed by atoms with van der Waals surface area (Å²) in [6.07, 6.45) is 12.2. The zero-order valence-electron chi connectivity index (χ0n) is 15.5. The molecule has 0 saturated heterocycles. The molecule has 22 heavy (non-hydrogen) atoms. The van der Waals surface area contributed by atoms with Crippen LogP contribution in [0.3, 0.4) is 0 Å². The van der Waals surface area contributed by atoms with Crippen molar-refractivity contribution in [2.45, 2.75) is 79.1 Å². The van der Waals surface area contributed by atoms with Crippen LogP contribution in [0.25, 0.3) is 0 Å². The molecule has 0 bridgehead atoms. The molecule has 3 heteroatoms. The molecule has 0 aliphatic carbocycles. The van der Waals surface area contributed by atoms with Gasteiger partial charge in [-0.1, -0.05) is 52.0 Å². The van der Waals surface area contributed by atoms with Gasteiger partial charge in [-0.05, 0) is 39.7 Å².